The third kappa shape index (κ3) is 3.26. The highest BCUT2D eigenvalue weighted by atomic mass is 19.4. The van der Waals surface area contributed by atoms with E-state index in [0.717, 1.165) is 5.69 Å². The van der Waals surface area contributed by atoms with Crippen LogP contribution in [0.15, 0.2) is 10.7 Å². The topological polar surface area (TPSA) is 41.3 Å². The van der Waals surface area contributed by atoms with Crippen molar-refractivity contribution in [2.24, 2.45) is 5.92 Å². The first kappa shape index (κ1) is 13.7. The monoisotopic (exact) mass is 289 g/mol. The second-order valence-corrected chi connectivity index (χ2v) is 5.60. The van der Waals surface area contributed by atoms with Crippen LogP contribution in [0.1, 0.15) is 31.4 Å². The van der Waals surface area contributed by atoms with Crippen molar-refractivity contribution in [1.82, 2.24) is 10.3 Å². The maximum absolute atomic E-state index is 12.8. The van der Waals surface area contributed by atoms with E-state index in [4.69, 9.17) is 4.42 Å². The van der Waals surface area contributed by atoms with Gasteiger partial charge in [-0.2, -0.15) is 18.2 Å². The number of hydrogen-bond donors (Lipinski definition) is 1. The number of oxazole rings is 1. The predicted molar refractivity (Wildman–Crippen MR) is 67.4 cm³/mol. The normalized spacial score (nSPS) is 24.1. The van der Waals surface area contributed by atoms with Crippen LogP contribution in [0.4, 0.5) is 19.2 Å². The summed E-state index contributed by atoms with van der Waals surface area (Å²) < 4.78 is 43.6. The van der Waals surface area contributed by atoms with E-state index >= 15 is 0 Å². The van der Waals surface area contributed by atoms with Crippen LogP contribution in [0.25, 0.3) is 0 Å². The fraction of sp³-hybridized carbons (Fsp3) is 0.769. The van der Waals surface area contributed by atoms with Crippen LogP contribution in [0.3, 0.4) is 0 Å². The lowest BCUT2D eigenvalue weighted by molar-refractivity contribution is -0.176. The summed E-state index contributed by atoms with van der Waals surface area (Å²) in [6.07, 6.45) is 0.469. The molecule has 7 heteroatoms. The van der Waals surface area contributed by atoms with Gasteiger partial charge < -0.3 is 14.6 Å². The Bertz CT molecular complexity index is 456. The Morgan fingerprint density at radius 1 is 1.35 bits per heavy atom. The molecule has 1 aromatic rings. The van der Waals surface area contributed by atoms with Gasteiger partial charge in [-0.05, 0) is 25.7 Å². The van der Waals surface area contributed by atoms with E-state index in [2.05, 4.69) is 10.3 Å². The lowest BCUT2D eigenvalue weighted by Gasteiger charge is -2.32. The van der Waals surface area contributed by atoms with Gasteiger partial charge in [-0.15, -0.1) is 0 Å². The molecule has 1 aromatic heterocycles. The smallest absolute Gasteiger partial charge is 0.393 e. The summed E-state index contributed by atoms with van der Waals surface area (Å²) in [5, 5.41) is 3.30. The Hall–Kier alpha value is -1.24. The Kier molecular flexibility index (Phi) is 3.62. The Balaban J connectivity index is 1.59. The van der Waals surface area contributed by atoms with E-state index in [1.165, 1.54) is 19.1 Å². The molecule has 1 atom stereocenters. The molecule has 4 nitrogen and oxygen atoms in total. The third-order valence-corrected chi connectivity index (χ3v) is 3.84. The van der Waals surface area contributed by atoms with Gasteiger partial charge >= 0.3 is 6.18 Å². The predicted octanol–water partition coefficient (Wildman–Crippen LogP) is 2.71. The molecule has 2 aliphatic rings. The van der Waals surface area contributed by atoms with Crippen LogP contribution in [-0.4, -0.2) is 30.3 Å². The van der Waals surface area contributed by atoms with Crippen molar-refractivity contribution >= 4 is 6.01 Å². The number of piperidine rings is 1. The van der Waals surface area contributed by atoms with Crippen molar-refractivity contribution < 1.29 is 17.6 Å². The molecule has 0 spiro atoms. The van der Waals surface area contributed by atoms with Crippen molar-refractivity contribution in [2.45, 2.75) is 44.4 Å². The largest absolute Gasteiger partial charge is 0.432 e. The zero-order chi connectivity index (χ0) is 14.2. The van der Waals surface area contributed by atoms with E-state index in [-0.39, 0.29) is 13.0 Å². The molecule has 2 heterocycles. The minimum absolute atomic E-state index is 0.0560. The minimum Gasteiger partial charge on any atom is -0.432 e. The number of halogens is 3. The molecule has 112 valence electrons. The number of hydrogen-bond acceptors (Lipinski definition) is 4. The summed E-state index contributed by atoms with van der Waals surface area (Å²) in [7, 11) is 0. The van der Waals surface area contributed by atoms with Crippen molar-refractivity contribution in [1.29, 1.82) is 0 Å². The van der Waals surface area contributed by atoms with Crippen molar-refractivity contribution in [2.75, 3.05) is 18.0 Å². The van der Waals surface area contributed by atoms with Crippen molar-refractivity contribution in [3.8, 4) is 0 Å². The van der Waals surface area contributed by atoms with Gasteiger partial charge in [0.1, 0.15) is 6.26 Å². The molecular formula is C13H18F3N3O. The summed E-state index contributed by atoms with van der Waals surface area (Å²) >= 11 is 0. The van der Waals surface area contributed by atoms with Crippen LogP contribution in [0.2, 0.25) is 0 Å². The molecule has 1 aliphatic carbocycles. The minimum atomic E-state index is -4.14. The van der Waals surface area contributed by atoms with Crippen LogP contribution in [-0.2, 0) is 6.54 Å². The second kappa shape index (κ2) is 5.27. The highest BCUT2D eigenvalue weighted by molar-refractivity contribution is 5.28. The van der Waals surface area contributed by atoms with Gasteiger partial charge in [-0.1, -0.05) is 0 Å². The van der Waals surface area contributed by atoms with Crippen LogP contribution in [0.5, 0.6) is 0 Å². The Labute approximate surface area is 115 Å². The lowest BCUT2D eigenvalue weighted by Crippen LogP contribution is -2.41. The highest BCUT2D eigenvalue weighted by Gasteiger charge is 2.42. The number of nitrogens with zero attached hydrogens (tertiary/aromatic N) is 2. The number of alkyl halides is 3. The lowest BCUT2D eigenvalue weighted by atomic mass is 9.98. The Morgan fingerprint density at radius 2 is 2.15 bits per heavy atom. The second-order valence-electron chi connectivity index (χ2n) is 5.60. The first-order valence-corrected chi connectivity index (χ1v) is 7.02. The molecule has 1 unspecified atom stereocenters. The SMILES string of the molecule is FC(F)(F)C1CCCN(c2nc(CNC3CC3)co2)C1. The molecular weight excluding hydrogens is 271 g/mol. The summed E-state index contributed by atoms with van der Waals surface area (Å²) in [6.45, 7) is 1.13. The number of anilines is 1. The molecule has 0 aromatic carbocycles. The summed E-state index contributed by atoms with van der Waals surface area (Å²) in [5.41, 5.74) is 0.751. The van der Waals surface area contributed by atoms with Crippen molar-refractivity contribution in [3.05, 3.63) is 12.0 Å². The summed E-state index contributed by atoms with van der Waals surface area (Å²) in [6, 6.07) is 0.881. The first-order chi connectivity index (χ1) is 9.52. The third-order valence-electron chi connectivity index (χ3n) is 3.84. The highest BCUT2D eigenvalue weighted by Crippen LogP contribution is 2.34. The summed E-state index contributed by atoms with van der Waals surface area (Å²) in [4.78, 5) is 5.88. The number of rotatable bonds is 4. The van der Waals surface area contributed by atoms with Crippen molar-refractivity contribution in [3.63, 3.8) is 0 Å². The molecule has 2 fully saturated rings. The molecule has 1 saturated carbocycles. The maximum atomic E-state index is 12.8. The molecule has 0 amide bonds. The Morgan fingerprint density at radius 3 is 2.85 bits per heavy atom. The van der Waals surface area contributed by atoms with Crippen LogP contribution in [0, 0.1) is 5.92 Å². The molecule has 0 radical (unpaired) electrons. The van der Waals surface area contributed by atoms with Gasteiger partial charge in [0, 0.05) is 25.7 Å². The van der Waals surface area contributed by atoms with Crippen LogP contribution < -0.4 is 10.2 Å². The fourth-order valence-corrected chi connectivity index (χ4v) is 2.48. The molecule has 0 bridgehead atoms. The van der Waals surface area contributed by atoms with E-state index in [0.29, 0.717) is 31.6 Å². The maximum Gasteiger partial charge on any atom is 0.393 e. The quantitative estimate of drug-likeness (QED) is 0.925. The van der Waals surface area contributed by atoms with E-state index in [9.17, 15) is 13.2 Å². The average molecular weight is 289 g/mol. The van der Waals surface area contributed by atoms with Gasteiger partial charge in [0.15, 0.2) is 0 Å². The van der Waals surface area contributed by atoms with Gasteiger partial charge in [0.2, 0.25) is 0 Å². The number of aromatic nitrogens is 1. The standard InChI is InChI=1S/C13H18F3N3O/c14-13(15,16)9-2-1-5-19(7-9)12-18-11(8-20-12)6-17-10-3-4-10/h8-10,17H,1-7H2. The zero-order valence-electron chi connectivity index (χ0n) is 11.1. The molecule has 3 rings (SSSR count). The first-order valence-electron chi connectivity index (χ1n) is 7.02. The van der Waals surface area contributed by atoms with Gasteiger partial charge in [0.25, 0.3) is 6.01 Å². The van der Waals surface area contributed by atoms with E-state index in [1.54, 1.807) is 4.90 Å². The zero-order valence-corrected chi connectivity index (χ0v) is 11.1. The van der Waals surface area contributed by atoms with E-state index in [1.807, 2.05) is 0 Å². The van der Waals surface area contributed by atoms with Gasteiger partial charge in [-0.25, -0.2) is 0 Å². The average Bonchev–Trinajstić information content (AvgIpc) is 3.12. The van der Waals surface area contributed by atoms with Crippen LogP contribution >= 0.6 is 0 Å². The van der Waals surface area contributed by atoms with Gasteiger partial charge in [0.05, 0.1) is 11.6 Å². The van der Waals surface area contributed by atoms with Gasteiger partial charge in [-0.3, -0.25) is 0 Å². The molecule has 20 heavy (non-hydrogen) atoms. The molecule has 1 N–H and O–H groups in total. The molecule has 1 saturated heterocycles. The van der Waals surface area contributed by atoms with E-state index < -0.39 is 12.1 Å². The fourth-order valence-electron chi connectivity index (χ4n) is 2.48. The summed E-state index contributed by atoms with van der Waals surface area (Å²) in [5.74, 6) is -1.28. The number of nitrogens with one attached hydrogen (secondary N) is 1. The molecule has 1 aliphatic heterocycles.